The number of carbonyl (C=O) groups excluding carboxylic acids is 1. The van der Waals surface area contributed by atoms with Crippen LogP contribution in [0.1, 0.15) is 29.6 Å². The molecule has 94 valence electrons. The number of ketones is 1. The van der Waals surface area contributed by atoms with Gasteiger partial charge in [0.15, 0.2) is 5.78 Å². The van der Waals surface area contributed by atoms with E-state index in [1.807, 2.05) is 0 Å². The van der Waals surface area contributed by atoms with E-state index in [0.717, 1.165) is 0 Å². The SMILES string of the molecule is O=C(O)CCCC(=O)c1ccc2[nH]c(=O)[nH]c2c1. The number of carboxylic acids is 1. The zero-order valence-corrected chi connectivity index (χ0v) is 9.53. The summed E-state index contributed by atoms with van der Waals surface area (Å²) < 4.78 is 0. The van der Waals surface area contributed by atoms with Gasteiger partial charge >= 0.3 is 11.7 Å². The fourth-order valence-corrected chi connectivity index (χ4v) is 1.75. The summed E-state index contributed by atoms with van der Waals surface area (Å²) in [6.45, 7) is 0. The molecule has 2 aromatic rings. The first-order valence-corrected chi connectivity index (χ1v) is 5.53. The van der Waals surface area contributed by atoms with Crippen molar-refractivity contribution in [1.82, 2.24) is 9.97 Å². The Bertz CT molecular complexity index is 653. The van der Waals surface area contributed by atoms with Crippen molar-refractivity contribution >= 4 is 22.8 Å². The number of hydrogen-bond donors (Lipinski definition) is 3. The summed E-state index contributed by atoms with van der Waals surface area (Å²) in [6.07, 6.45) is 0.483. The van der Waals surface area contributed by atoms with Gasteiger partial charge in [0.25, 0.3) is 0 Å². The van der Waals surface area contributed by atoms with Crippen LogP contribution in [-0.2, 0) is 4.79 Å². The first-order valence-electron chi connectivity index (χ1n) is 5.53. The lowest BCUT2D eigenvalue weighted by molar-refractivity contribution is -0.137. The molecule has 18 heavy (non-hydrogen) atoms. The van der Waals surface area contributed by atoms with Gasteiger partial charge in [-0.2, -0.15) is 0 Å². The topological polar surface area (TPSA) is 103 Å². The predicted octanol–water partition coefficient (Wildman–Crippen LogP) is 1.29. The molecule has 0 fully saturated rings. The van der Waals surface area contributed by atoms with Gasteiger partial charge in [-0.1, -0.05) is 0 Å². The summed E-state index contributed by atoms with van der Waals surface area (Å²) in [6, 6.07) is 4.86. The molecule has 0 radical (unpaired) electrons. The summed E-state index contributed by atoms with van der Waals surface area (Å²) in [5, 5.41) is 8.49. The molecular weight excluding hydrogens is 236 g/mol. The van der Waals surface area contributed by atoms with Crippen LogP contribution in [0.15, 0.2) is 23.0 Å². The highest BCUT2D eigenvalue weighted by atomic mass is 16.4. The molecule has 0 atom stereocenters. The molecule has 0 spiro atoms. The first kappa shape index (κ1) is 12.1. The monoisotopic (exact) mass is 248 g/mol. The van der Waals surface area contributed by atoms with Gasteiger partial charge in [0.05, 0.1) is 11.0 Å². The molecule has 0 saturated heterocycles. The molecule has 1 heterocycles. The molecule has 6 heteroatoms. The molecular formula is C12H12N2O4. The van der Waals surface area contributed by atoms with Crippen molar-refractivity contribution in [3.8, 4) is 0 Å². The van der Waals surface area contributed by atoms with E-state index in [9.17, 15) is 14.4 Å². The molecule has 3 N–H and O–H groups in total. The van der Waals surface area contributed by atoms with Crippen LogP contribution in [0.3, 0.4) is 0 Å². The number of hydrogen-bond acceptors (Lipinski definition) is 3. The third kappa shape index (κ3) is 2.65. The number of carbonyl (C=O) groups is 2. The molecule has 0 aliphatic carbocycles. The van der Waals surface area contributed by atoms with Crippen molar-refractivity contribution in [3.63, 3.8) is 0 Å². The molecule has 0 amide bonds. The van der Waals surface area contributed by atoms with Gasteiger partial charge in [-0.05, 0) is 24.6 Å². The number of carboxylic acid groups (broad SMARTS) is 1. The Kier molecular flexibility index (Phi) is 3.27. The highest BCUT2D eigenvalue weighted by molar-refractivity contribution is 5.98. The number of aliphatic carboxylic acids is 1. The van der Waals surface area contributed by atoms with Crippen molar-refractivity contribution in [2.24, 2.45) is 0 Å². The average Bonchev–Trinajstić information content (AvgIpc) is 2.67. The van der Waals surface area contributed by atoms with Crippen LogP contribution in [0.25, 0.3) is 11.0 Å². The standard InChI is InChI=1S/C12H12N2O4/c15-10(2-1-3-11(16)17)7-4-5-8-9(6-7)14-12(18)13-8/h4-6H,1-3H2,(H,16,17)(H2,13,14,18). The Hall–Kier alpha value is -2.37. The number of imidazole rings is 1. The van der Waals surface area contributed by atoms with Gasteiger partial charge in [0, 0.05) is 18.4 Å². The van der Waals surface area contributed by atoms with Crippen molar-refractivity contribution in [1.29, 1.82) is 0 Å². The number of aromatic nitrogens is 2. The van der Waals surface area contributed by atoms with Crippen LogP contribution >= 0.6 is 0 Å². The summed E-state index contributed by atoms with van der Waals surface area (Å²) >= 11 is 0. The van der Waals surface area contributed by atoms with Crippen LogP contribution in [-0.4, -0.2) is 26.8 Å². The van der Waals surface area contributed by atoms with Crippen molar-refractivity contribution in [2.45, 2.75) is 19.3 Å². The lowest BCUT2D eigenvalue weighted by atomic mass is 10.1. The van der Waals surface area contributed by atoms with Crippen molar-refractivity contribution < 1.29 is 14.7 Å². The van der Waals surface area contributed by atoms with E-state index in [0.29, 0.717) is 23.0 Å². The predicted molar refractivity (Wildman–Crippen MR) is 64.7 cm³/mol. The number of nitrogens with one attached hydrogen (secondary N) is 2. The average molecular weight is 248 g/mol. The summed E-state index contributed by atoms with van der Waals surface area (Å²) in [5.41, 5.74) is 1.37. The molecule has 0 aliphatic heterocycles. The molecule has 2 rings (SSSR count). The van der Waals surface area contributed by atoms with Gasteiger partial charge in [-0.25, -0.2) is 4.79 Å². The Morgan fingerprint density at radius 2 is 1.83 bits per heavy atom. The van der Waals surface area contributed by atoms with Crippen LogP contribution in [0, 0.1) is 0 Å². The number of aromatic amines is 2. The lowest BCUT2D eigenvalue weighted by Gasteiger charge is -2.00. The van der Waals surface area contributed by atoms with E-state index in [2.05, 4.69) is 9.97 Å². The highest BCUT2D eigenvalue weighted by Gasteiger charge is 2.08. The molecule has 1 aromatic heterocycles. The summed E-state index contributed by atoms with van der Waals surface area (Å²) in [7, 11) is 0. The minimum atomic E-state index is -0.909. The number of H-pyrrole nitrogens is 2. The van der Waals surface area contributed by atoms with E-state index in [4.69, 9.17) is 5.11 Å². The van der Waals surface area contributed by atoms with E-state index in [-0.39, 0.29) is 24.3 Å². The zero-order chi connectivity index (χ0) is 13.1. The fraction of sp³-hybridized carbons (Fsp3) is 0.250. The summed E-state index contributed by atoms with van der Waals surface area (Å²) in [5.74, 6) is -1.03. The van der Waals surface area contributed by atoms with Crippen LogP contribution in [0.5, 0.6) is 0 Å². The van der Waals surface area contributed by atoms with Crippen molar-refractivity contribution in [3.05, 3.63) is 34.2 Å². The fourth-order valence-electron chi connectivity index (χ4n) is 1.75. The maximum Gasteiger partial charge on any atom is 0.323 e. The number of benzene rings is 1. The van der Waals surface area contributed by atoms with E-state index in [1.54, 1.807) is 18.2 Å². The maximum absolute atomic E-state index is 11.8. The minimum Gasteiger partial charge on any atom is -0.481 e. The molecule has 6 nitrogen and oxygen atoms in total. The number of fused-ring (bicyclic) bond motifs is 1. The van der Waals surface area contributed by atoms with Gasteiger partial charge in [-0.15, -0.1) is 0 Å². The lowest BCUT2D eigenvalue weighted by Crippen LogP contribution is -2.01. The smallest absolute Gasteiger partial charge is 0.323 e. The van der Waals surface area contributed by atoms with E-state index < -0.39 is 5.97 Å². The van der Waals surface area contributed by atoms with Gasteiger partial charge in [0.1, 0.15) is 0 Å². The summed E-state index contributed by atoms with van der Waals surface area (Å²) in [4.78, 5) is 38.3. The van der Waals surface area contributed by atoms with Crippen LogP contribution in [0.2, 0.25) is 0 Å². The molecule has 1 aromatic carbocycles. The van der Waals surface area contributed by atoms with E-state index in [1.165, 1.54) is 0 Å². The second-order valence-electron chi connectivity index (χ2n) is 4.01. The Labute approximate surface area is 102 Å². The van der Waals surface area contributed by atoms with Gasteiger partial charge in [-0.3, -0.25) is 9.59 Å². The van der Waals surface area contributed by atoms with Crippen molar-refractivity contribution in [2.75, 3.05) is 0 Å². The maximum atomic E-state index is 11.8. The highest BCUT2D eigenvalue weighted by Crippen LogP contribution is 2.13. The Balaban J connectivity index is 2.12. The van der Waals surface area contributed by atoms with Gasteiger partial charge < -0.3 is 15.1 Å². The number of rotatable bonds is 5. The first-order chi connectivity index (χ1) is 8.56. The number of Topliss-reactive ketones (excluding diaryl/α,β-unsaturated/α-hetero) is 1. The second-order valence-corrected chi connectivity index (χ2v) is 4.01. The van der Waals surface area contributed by atoms with Crippen LogP contribution in [0.4, 0.5) is 0 Å². The largest absolute Gasteiger partial charge is 0.481 e. The van der Waals surface area contributed by atoms with E-state index >= 15 is 0 Å². The molecule has 0 bridgehead atoms. The normalized spacial score (nSPS) is 10.7. The third-order valence-electron chi connectivity index (χ3n) is 2.63. The Morgan fingerprint density at radius 1 is 1.11 bits per heavy atom. The minimum absolute atomic E-state index is 0.0189. The third-order valence-corrected chi connectivity index (χ3v) is 2.63. The quantitative estimate of drug-likeness (QED) is 0.693. The molecule has 0 aliphatic rings. The molecule has 0 unspecified atom stereocenters. The zero-order valence-electron chi connectivity index (χ0n) is 9.53. The molecule has 0 saturated carbocycles. The second kappa shape index (κ2) is 4.87. The van der Waals surface area contributed by atoms with Gasteiger partial charge in [0.2, 0.25) is 0 Å². The Morgan fingerprint density at radius 3 is 2.56 bits per heavy atom. The van der Waals surface area contributed by atoms with Crippen LogP contribution < -0.4 is 5.69 Å².